The van der Waals surface area contributed by atoms with Gasteiger partial charge in [-0.1, -0.05) is 0 Å². The van der Waals surface area contributed by atoms with E-state index in [0.29, 0.717) is 22.5 Å². The van der Waals surface area contributed by atoms with Gasteiger partial charge in [0.25, 0.3) is 11.4 Å². The van der Waals surface area contributed by atoms with Crippen LogP contribution in [0.3, 0.4) is 0 Å². The van der Waals surface area contributed by atoms with E-state index in [0.717, 1.165) is 0 Å². The first-order valence-electron chi connectivity index (χ1n) is 6.33. The van der Waals surface area contributed by atoms with Crippen LogP contribution in [0.2, 0.25) is 0 Å². The Morgan fingerprint density at radius 2 is 1.84 bits per heavy atom. The Morgan fingerprint density at radius 1 is 1.16 bits per heavy atom. The largest absolute Gasteiger partial charge is 0.485 e. The third-order valence-corrected chi connectivity index (χ3v) is 2.39. The third kappa shape index (κ3) is 3.05. The highest BCUT2D eigenvalue weighted by Crippen LogP contribution is 2.29. The predicted molar refractivity (Wildman–Crippen MR) is 73.9 cm³/mol. The first-order chi connectivity index (χ1) is 8.97. The van der Waals surface area contributed by atoms with Gasteiger partial charge in [-0.15, -0.1) is 0 Å². The van der Waals surface area contributed by atoms with E-state index < -0.39 is 0 Å². The van der Waals surface area contributed by atoms with Crippen molar-refractivity contribution >= 4 is 10.9 Å². The molecule has 0 aliphatic rings. The van der Waals surface area contributed by atoms with Crippen LogP contribution in [0.4, 0.5) is 0 Å². The SMILES string of the molecule is CC(C)Oc1cc2c(=O)[nH]ccc2nc1OC(C)C. The second-order valence-electron chi connectivity index (χ2n) is 4.86. The van der Waals surface area contributed by atoms with Gasteiger partial charge in [0.05, 0.1) is 23.1 Å². The van der Waals surface area contributed by atoms with Crippen molar-refractivity contribution < 1.29 is 9.47 Å². The molecule has 5 heteroatoms. The van der Waals surface area contributed by atoms with Gasteiger partial charge in [0.1, 0.15) is 0 Å². The molecule has 2 aromatic heterocycles. The van der Waals surface area contributed by atoms with E-state index in [9.17, 15) is 4.79 Å². The Bertz CT molecular complexity index is 632. The molecule has 2 heterocycles. The molecule has 0 atom stereocenters. The summed E-state index contributed by atoms with van der Waals surface area (Å²) in [6.45, 7) is 7.67. The van der Waals surface area contributed by atoms with Gasteiger partial charge in [-0.3, -0.25) is 4.79 Å². The average molecular weight is 262 g/mol. The van der Waals surface area contributed by atoms with Crippen molar-refractivity contribution in [2.45, 2.75) is 39.9 Å². The maximum atomic E-state index is 11.8. The van der Waals surface area contributed by atoms with E-state index in [-0.39, 0.29) is 17.8 Å². The van der Waals surface area contributed by atoms with Crippen LogP contribution in [0, 0.1) is 0 Å². The van der Waals surface area contributed by atoms with Gasteiger partial charge in [-0.25, -0.2) is 4.98 Å². The van der Waals surface area contributed by atoms with Crippen molar-refractivity contribution in [3.05, 3.63) is 28.7 Å². The Morgan fingerprint density at radius 3 is 2.47 bits per heavy atom. The number of aromatic nitrogens is 2. The summed E-state index contributed by atoms with van der Waals surface area (Å²) in [7, 11) is 0. The molecule has 0 radical (unpaired) electrons. The average Bonchev–Trinajstić information content (AvgIpc) is 2.29. The van der Waals surface area contributed by atoms with E-state index >= 15 is 0 Å². The minimum atomic E-state index is -0.185. The van der Waals surface area contributed by atoms with Crippen LogP contribution in [0.25, 0.3) is 10.9 Å². The number of aromatic amines is 1. The highest BCUT2D eigenvalue weighted by molar-refractivity contribution is 5.79. The zero-order valence-corrected chi connectivity index (χ0v) is 11.6. The number of fused-ring (bicyclic) bond motifs is 1. The molecule has 0 saturated heterocycles. The van der Waals surface area contributed by atoms with Crippen LogP contribution in [0.5, 0.6) is 11.6 Å². The molecule has 0 saturated carbocycles. The zero-order valence-electron chi connectivity index (χ0n) is 11.6. The molecular weight excluding hydrogens is 244 g/mol. The summed E-state index contributed by atoms with van der Waals surface area (Å²) in [5.74, 6) is 0.912. The normalized spacial score (nSPS) is 11.3. The Kier molecular flexibility index (Phi) is 3.74. The summed E-state index contributed by atoms with van der Waals surface area (Å²) in [5.41, 5.74) is 0.408. The molecule has 2 aromatic rings. The molecule has 5 nitrogen and oxygen atoms in total. The summed E-state index contributed by atoms with van der Waals surface area (Å²) in [4.78, 5) is 18.7. The highest BCUT2D eigenvalue weighted by atomic mass is 16.5. The quantitative estimate of drug-likeness (QED) is 0.919. The van der Waals surface area contributed by atoms with Crippen molar-refractivity contribution in [1.29, 1.82) is 0 Å². The number of H-pyrrole nitrogens is 1. The number of hydrogen-bond donors (Lipinski definition) is 1. The van der Waals surface area contributed by atoms with Gasteiger partial charge in [0, 0.05) is 12.3 Å². The van der Waals surface area contributed by atoms with Gasteiger partial charge in [0.15, 0.2) is 5.75 Å². The van der Waals surface area contributed by atoms with Crippen molar-refractivity contribution in [2.24, 2.45) is 0 Å². The van der Waals surface area contributed by atoms with Gasteiger partial charge >= 0.3 is 0 Å². The molecule has 2 rings (SSSR count). The number of hydrogen-bond acceptors (Lipinski definition) is 4. The lowest BCUT2D eigenvalue weighted by Crippen LogP contribution is -2.13. The van der Waals surface area contributed by atoms with Crippen LogP contribution in [0.15, 0.2) is 23.1 Å². The number of pyridine rings is 2. The molecule has 0 bridgehead atoms. The first-order valence-corrected chi connectivity index (χ1v) is 6.33. The summed E-state index contributed by atoms with van der Waals surface area (Å²) in [6.07, 6.45) is 1.54. The number of ether oxygens (including phenoxy) is 2. The molecule has 0 aliphatic heterocycles. The van der Waals surface area contributed by atoms with Crippen molar-refractivity contribution in [2.75, 3.05) is 0 Å². The molecule has 0 unspecified atom stereocenters. The molecule has 0 fully saturated rings. The molecule has 0 aromatic carbocycles. The van der Waals surface area contributed by atoms with Crippen LogP contribution in [0.1, 0.15) is 27.7 Å². The second kappa shape index (κ2) is 5.30. The smallest absolute Gasteiger partial charge is 0.257 e. The van der Waals surface area contributed by atoms with Gasteiger partial charge < -0.3 is 14.5 Å². The minimum absolute atomic E-state index is 0.0125. The fourth-order valence-electron chi connectivity index (χ4n) is 1.72. The number of rotatable bonds is 4. The topological polar surface area (TPSA) is 64.2 Å². The molecule has 0 spiro atoms. The Balaban J connectivity index is 2.59. The molecule has 0 aliphatic carbocycles. The maximum Gasteiger partial charge on any atom is 0.257 e. The zero-order chi connectivity index (χ0) is 14.0. The second-order valence-corrected chi connectivity index (χ2v) is 4.86. The van der Waals surface area contributed by atoms with E-state index in [1.165, 1.54) is 0 Å². The lowest BCUT2D eigenvalue weighted by Gasteiger charge is -2.16. The Labute approximate surface area is 111 Å². The predicted octanol–water partition coefficient (Wildman–Crippen LogP) is 2.50. The summed E-state index contributed by atoms with van der Waals surface area (Å²) in [5, 5.41) is 0.495. The Hall–Kier alpha value is -2.04. The van der Waals surface area contributed by atoms with E-state index in [1.807, 2.05) is 27.7 Å². The van der Waals surface area contributed by atoms with Crippen molar-refractivity contribution in [3.63, 3.8) is 0 Å². The monoisotopic (exact) mass is 262 g/mol. The minimum Gasteiger partial charge on any atom is -0.485 e. The van der Waals surface area contributed by atoms with Crippen molar-refractivity contribution in [3.8, 4) is 11.6 Å². The van der Waals surface area contributed by atoms with Gasteiger partial charge in [0.2, 0.25) is 0 Å². The summed E-state index contributed by atoms with van der Waals surface area (Å²) < 4.78 is 11.3. The molecular formula is C14H18N2O3. The van der Waals surface area contributed by atoms with Crippen LogP contribution >= 0.6 is 0 Å². The third-order valence-electron chi connectivity index (χ3n) is 2.39. The molecule has 1 N–H and O–H groups in total. The highest BCUT2D eigenvalue weighted by Gasteiger charge is 2.14. The van der Waals surface area contributed by atoms with Crippen molar-refractivity contribution in [1.82, 2.24) is 9.97 Å². The summed E-state index contributed by atoms with van der Waals surface area (Å²) in [6, 6.07) is 3.42. The fourth-order valence-corrected chi connectivity index (χ4v) is 1.72. The van der Waals surface area contributed by atoms with Crippen LogP contribution < -0.4 is 15.0 Å². The molecule has 0 amide bonds. The first kappa shape index (κ1) is 13.4. The number of nitrogens with zero attached hydrogens (tertiary/aromatic N) is 1. The van der Waals surface area contributed by atoms with Gasteiger partial charge in [-0.05, 0) is 33.8 Å². The molecule has 19 heavy (non-hydrogen) atoms. The standard InChI is InChI=1S/C14H18N2O3/c1-8(2)18-12-7-10-11(5-6-15-13(10)17)16-14(12)19-9(3)4/h5-9H,1-4H3,(H,15,17). The number of nitrogens with one attached hydrogen (secondary N) is 1. The maximum absolute atomic E-state index is 11.8. The van der Waals surface area contributed by atoms with Crippen LogP contribution in [-0.2, 0) is 0 Å². The fraction of sp³-hybridized carbons (Fsp3) is 0.429. The van der Waals surface area contributed by atoms with Gasteiger partial charge in [-0.2, -0.15) is 0 Å². The van der Waals surface area contributed by atoms with Crippen LogP contribution in [-0.4, -0.2) is 22.2 Å². The lowest BCUT2D eigenvalue weighted by molar-refractivity contribution is 0.192. The lowest BCUT2D eigenvalue weighted by atomic mass is 10.2. The van der Waals surface area contributed by atoms with E-state index in [1.54, 1.807) is 18.3 Å². The van der Waals surface area contributed by atoms with E-state index in [4.69, 9.17) is 9.47 Å². The van der Waals surface area contributed by atoms with E-state index in [2.05, 4.69) is 9.97 Å². The molecule has 102 valence electrons. The summed E-state index contributed by atoms with van der Waals surface area (Å²) >= 11 is 0.